The Morgan fingerprint density at radius 3 is 2.04 bits per heavy atom. The maximum Gasteiger partial charge on any atom is 0.410 e. The smallest absolute Gasteiger partial charge is 0.410 e. The molecule has 5 nitrogen and oxygen atoms in total. The lowest BCUT2D eigenvalue weighted by Gasteiger charge is -2.24. The molecule has 0 aromatic heterocycles. The molecule has 0 aromatic rings. The topological polar surface area (TPSA) is 66.8 Å². The van der Waals surface area contributed by atoms with Crippen molar-refractivity contribution in [2.24, 2.45) is 5.92 Å². The van der Waals surface area contributed by atoms with Gasteiger partial charge in [-0.05, 0) is 27.2 Å². The van der Waals surface area contributed by atoms with E-state index < -0.39 is 23.7 Å². The number of Topliss-reactive ketones (excluding diaryl/α,β-unsaturated/α-hetero) is 1. The Bertz CT molecular complexity index is 430. The second-order valence-electron chi connectivity index (χ2n) is 8.60. The molecule has 1 fully saturated rings. The number of hydrogen-bond donors (Lipinski definition) is 1. The fraction of sp³-hybridized carbons (Fsp3) is 0.905. The fourth-order valence-corrected chi connectivity index (χ4v) is 3.37. The molecule has 1 aliphatic rings. The minimum atomic E-state index is -0.770. The molecule has 1 aliphatic heterocycles. The zero-order valence-electron chi connectivity index (χ0n) is 17.3. The first-order valence-corrected chi connectivity index (χ1v) is 10.4. The largest absolute Gasteiger partial charge is 0.444 e. The zero-order chi connectivity index (χ0) is 19.6. The summed E-state index contributed by atoms with van der Waals surface area (Å²) in [5.74, 6) is -0.386. The van der Waals surface area contributed by atoms with Gasteiger partial charge in [-0.25, -0.2) is 4.79 Å². The molecular formula is C21H39NO4. The number of ketones is 1. The number of unbranched alkanes of at least 4 members (excludes halogenated alkanes) is 8. The van der Waals surface area contributed by atoms with Crippen LogP contribution in [-0.2, 0) is 9.53 Å². The van der Waals surface area contributed by atoms with Crippen LogP contribution in [0.25, 0.3) is 0 Å². The SMILES string of the molecule is CCCCCCCCCCCC(=O)[C@@H]1CN(C(=O)OC(C)(C)C)C[C@@H]1O. The summed E-state index contributed by atoms with van der Waals surface area (Å²) in [5, 5.41) is 10.2. The van der Waals surface area contributed by atoms with Crippen molar-refractivity contribution in [2.45, 2.75) is 104 Å². The quantitative estimate of drug-likeness (QED) is 0.536. The number of aliphatic hydroxyl groups excluding tert-OH is 1. The molecule has 1 heterocycles. The monoisotopic (exact) mass is 369 g/mol. The van der Waals surface area contributed by atoms with Gasteiger partial charge in [-0.2, -0.15) is 0 Å². The van der Waals surface area contributed by atoms with Gasteiger partial charge >= 0.3 is 6.09 Å². The van der Waals surface area contributed by atoms with Crippen molar-refractivity contribution in [2.75, 3.05) is 13.1 Å². The molecule has 2 atom stereocenters. The number of ether oxygens (including phenoxy) is 1. The first-order chi connectivity index (χ1) is 12.2. The molecule has 0 aliphatic carbocycles. The summed E-state index contributed by atoms with van der Waals surface area (Å²) in [6.07, 6.45) is 10.2. The van der Waals surface area contributed by atoms with Gasteiger partial charge in [0.15, 0.2) is 0 Å². The maximum atomic E-state index is 12.4. The summed E-state index contributed by atoms with van der Waals surface area (Å²) in [7, 11) is 0. The third-order valence-electron chi connectivity index (χ3n) is 4.88. The summed E-state index contributed by atoms with van der Waals surface area (Å²) in [6, 6.07) is 0. The van der Waals surface area contributed by atoms with Crippen LogP contribution in [0, 0.1) is 5.92 Å². The second-order valence-corrected chi connectivity index (χ2v) is 8.60. The van der Waals surface area contributed by atoms with Crippen LogP contribution < -0.4 is 0 Å². The Hall–Kier alpha value is -1.10. The minimum absolute atomic E-state index is 0.0755. The van der Waals surface area contributed by atoms with Gasteiger partial charge in [-0.15, -0.1) is 0 Å². The Balaban J connectivity index is 2.19. The van der Waals surface area contributed by atoms with Crippen molar-refractivity contribution in [1.82, 2.24) is 4.90 Å². The number of likely N-dealkylation sites (tertiary alicyclic amines) is 1. The first kappa shape index (κ1) is 22.9. The normalized spacial score (nSPS) is 20.4. The van der Waals surface area contributed by atoms with E-state index in [1.807, 2.05) is 20.8 Å². The van der Waals surface area contributed by atoms with Gasteiger partial charge in [-0.3, -0.25) is 4.79 Å². The second kappa shape index (κ2) is 11.6. The zero-order valence-corrected chi connectivity index (χ0v) is 17.3. The van der Waals surface area contributed by atoms with Crippen molar-refractivity contribution in [1.29, 1.82) is 0 Å². The Morgan fingerprint density at radius 1 is 0.962 bits per heavy atom. The van der Waals surface area contributed by atoms with Gasteiger partial charge in [0.1, 0.15) is 11.4 Å². The average molecular weight is 370 g/mol. The van der Waals surface area contributed by atoms with Crippen LogP contribution in [0.1, 0.15) is 91.9 Å². The number of carbonyl (C=O) groups is 2. The molecular weight excluding hydrogens is 330 g/mol. The van der Waals surface area contributed by atoms with E-state index in [0.29, 0.717) is 6.42 Å². The predicted octanol–water partition coefficient (Wildman–Crippen LogP) is 4.70. The summed E-state index contributed by atoms with van der Waals surface area (Å²) in [4.78, 5) is 25.9. The van der Waals surface area contributed by atoms with E-state index in [4.69, 9.17) is 4.74 Å². The Kier molecular flexibility index (Phi) is 10.2. The Labute approximate surface area is 159 Å². The first-order valence-electron chi connectivity index (χ1n) is 10.4. The highest BCUT2D eigenvalue weighted by Gasteiger charge is 2.39. The highest BCUT2D eigenvalue weighted by atomic mass is 16.6. The number of amides is 1. The highest BCUT2D eigenvalue weighted by molar-refractivity contribution is 5.83. The number of β-amino-alcohol motifs (C(OH)–C–C–N with tert-alkyl or cyclic N) is 1. The standard InChI is InChI=1S/C21H39NO4/c1-5-6-7-8-9-10-11-12-13-14-18(23)17-15-22(16-19(17)24)20(25)26-21(2,3)4/h17,19,24H,5-16H2,1-4H3/t17-,19-/m0/s1. The van der Waals surface area contributed by atoms with Gasteiger partial charge in [0.2, 0.25) is 0 Å². The number of aliphatic hydroxyl groups is 1. The van der Waals surface area contributed by atoms with Gasteiger partial charge in [0.25, 0.3) is 0 Å². The highest BCUT2D eigenvalue weighted by Crippen LogP contribution is 2.23. The van der Waals surface area contributed by atoms with E-state index in [1.165, 1.54) is 49.8 Å². The molecule has 0 spiro atoms. The molecule has 152 valence electrons. The average Bonchev–Trinajstić information content (AvgIpc) is 2.94. The van der Waals surface area contributed by atoms with E-state index in [-0.39, 0.29) is 18.9 Å². The lowest BCUT2D eigenvalue weighted by molar-refractivity contribution is -0.124. The molecule has 5 heteroatoms. The molecule has 1 amide bonds. The van der Waals surface area contributed by atoms with Crippen LogP contribution in [0.2, 0.25) is 0 Å². The third-order valence-corrected chi connectivity index (χ3v) is 4.88. The summed E-state index contributed by atoms with van der Waals surface area (Å²) in [6.45, 7) is 8.11. The van der Waals surface area contributed by atoms with Crippen LogP contribution >= 0.6 is 0 Å². The number of carbonyl (C=O) groups excluding carboxylic acids is 2. The summed E-state index contributed by atoms with van der Waals surface area (Å²) >= 11 is 0. The van der Waals surface area contributed by atoms with Crippen molar-refractivity contribution in [3.63, 3.8) is 0 Å². The van der Waals surface area contributed by atoms with Crippen LogP contribution in [-0.4, -0.2) is 46.7 Å². The third kappa shape index (κ3) is 9.02. The molecule has 0 bridgehead atoms. The van der Waals surface area contributed by atoms with Gasteiger partial charge in [0.05, 0.1) is 18.6 Å². The van der Waals surface area contributed by atoms with E-state index in [1.54, 1.807) is 0 Å². The molecule has 1 saturated heterocycles. The van der Waals surface area contributed by atoms with E-state index in [9.17, 15) is 14.7 Å². The molecule has 0 aromatic carbocycles. The van der Waals surface area contributed by atoms with E-state index >= 15 is 0 Å². The lowest BCUT2D eigenvalue weighted by Crippen LogP contribution is -2.36. The van der Waals surface area contributed by atoms with Crippen molar-refractivity contribution in [3.05, 3.63) is 0 Å². The lowest BCUT2D eigenvalue weighted by atomic mass is 9.96. The van der Waals surface area contributed by atoms with Gasteiger partial charge < -0.3 is 14.7 Å². The van der Waals surface area contributed by atoms with Crippen molar-refractivity contribution < 1.29 is 19.4 Å². The molecule has 0 saturated carbocycles. The maximum absolute atomic E-state index is 12.4. The van der Waals surface area contributed by atoms with Crippen molar-refractivity contribution in [3.8, 4) is 0 Å². The Morgan fingerprint density at radius 2 is 1.50 bits per heavy atom. The summed E-state index contributed by atoms with van der Waals surface area (Å²) < 4.78 is 5.32. The number of hydrogen-bond acceptors (Lipinski definition) is 4. The molecule has 0 radical (unpaired) electrons. The van der Waals surface area contributed by atoms with E-state index in [0.717, 1.165) is 12.8 Å². The van der Waals surface area contributed by atoms with Crippen LogP contribution in [0.5, 0.6) is 0 Å². The van der Waals surface area contributed by atoms with Crippen LogP contribution in [0.15, 0.2) is 0 Å². The van der Waals surface area contributed by atoms with Gasteiger partial charge in [0, 0.05) is 13.0 Å². The molecule has 1 N–H and O–H groups in total. The van der Waals surface area contributed by atoms with Crippen molar-refractivity contribution >= 4 is 11.9 Å². The fourth-order valence-electron chi connectivity index (χ4n) is 3.37. The van der Waals surface area contributed by atoms with Crippen LogP contribution in [0.4, 0.5) is 4.79 Å². The van der Waals surface area contributed by atoms with Crippen LogP contribution in [0.3, 0.4) is 0 Å². The summed E-state index contributed by atoms with van der Waals surface area (Å²) in [5.41, 5.74) is -0.569. The molecule has 0 unspecified atom stereocenters. The molecule has 26 heavy (non-hydrogen) atoms. The number of nitrogens with zero attached hydrogens (tertiary/aromatic N) is 1. The minimum Gasteiger partial charge on any atom is -0.444 e. The number of rotatable bonds is 11. The van der Waals surface area contributed by atoms with Gasteiger partial charge in [-0.1, -0.05) is 58.3 Å². The predicted molar refractivity (Wildman–Crippen MR) is 104 cm³/mol. The van der Waals surface area contributed by atoms with E-state index in [2.05, 4.69) is 6.92 Å². The molecule has 1 rings (SSSR count).